The maximum Gasteiger partial charge on any atom is 0.231 e. The number of benzene rings is 2. The van der Waals surface area contributed by atoms with E-state index in [1.54, 1.807) is 7.11 Å². The van der Waals surface area contributed by atoms with Crippen LogP contribution in [0.5, 0.6) is 17.2 Å². The zero-order valence-corrected chi connectivity index (χ0v) is 16.4. The minimum atomic E-state index is 0.298. The fraction of sp³-hybridized carbons (Fsp3) is 0.381. The van der Waals surface area contributed by atoms with Crippen molar-refractivity contribution in [1.29, 1.82) is 0 Å². The van der Waals surface area contributed by atoms with E-state index < -0.39 is 0 Å². The maximum absolute atomic E-state index is 5.45. The molecule has 0 amide bonds. The van der Waals surface area contributed by atoms with Crippen molar-refractivity contribution in [3.63, 3.8) is 0 Å². The Morgan fingerprint density at radius 1 is 1.04 bits per heavy atom. The molecule has 4 rings (SSSR count). The van der Waals surface area contributed by atoms with Gasteiger partial charge in [-0.05, 0) is 42.0 Å². The van der Waals surface area contributed by atoms with Crippen LogP contribution in [0, 0.1) is 0 Å². The van der Waals surface area contributed by atoms with Gasteiger partial charge in [-0.2, -0.15) is 0 Å². The van der Waals surface area contributed by atoms with Gasteiger partial charge in [-0.3, -0.25) is 4.99 Å². The normalized spacial score (nSPS) is 16.3. The van der Waals surface area contributed by atoms with Crippen LogP contribution in [0.25, 0.3) is 0 Å². The second-order valence-electron chi connectivity index (χ2n) is 6.76. The second-order valence-corrected chi connectivity index (χ2v) is 6.76. The van der Waals surface area contributed by atoms with Crippen LogP contribution in [0.2, 0.25) is 0 Å². The SMILES string of the molecule is CN=C(NCc1ccc2c(c1)OCO2)N1CCN(c2ccc(OC)cc2)CC1. The number of fused-ring (bicyclic) bond motifs is 1. The van der Waals surface area contributed by atoms with E-state index >= 15 is 0 Å². The lowest BCUT2D eigenvalue weighted by atomic mass is 10.2. The first-order valence-electron chi connectivity index (χ1n) is 9.50. The summed E-state index contributed by atoms with van der Waals surface area (Å²) in [7, 11) is 3.52. The van der Waals surface area contributed by atoms with E-state index in [9.17, 15) is 0 Å². The van der Waals surface area contributed by atoms with Gasteiger partial charge in [-0.15, -0.1) is 0 Å². The number of methoxy groups -OCH3 is 1. The van der Waals surface area contributed by atoms with E-state index in [2.05, 4.69) is 38.3 Å². The summed E-state index contributed by atoms with van der Waals surface area (Å²) in [5.74, 6) is 3.42. The van der Waals surface area contributed by atoms with Gasteiger partial charge in [0, 0.05) is 45.5 Å². The fourth-order valence-corrected chi connectivity index (χ4v) is 3.53. The molecule has 0 aliphatic carbocycles. The number of hydrogen-bond acceptors (Lipinski definition) is 5. The highest BCUT2D eigenvalue weighted by Gasteiger charge is 2.20. The monoisotopic (exact) mass is 382 g/mol. The molecule has 1 fully saturated rings. The van der Waals surface area contributed by atoms with Crippen LogP contribution in [0.3, 0.4) is 0 Å². The standard InChI is InChI=1S/C21H26N4O3/c1-22-21(23-14-16-3-8-19-20(13-16)28-15-27-19)25-11-9-24(10-12-25)17-4-6-18(26-2)7-5-17/h3-8,13H,9-12,14-15H2,1-2H3,(H,22,23). The highest BCUT2D eigenvalue weighted by molar-refractivity contribution is 5.80. The molecule has 28 heavy (non-hydrogen) atoms. The highest BCUT2D eigenvalue weighted by Crippen LogP contribution is 2.32. The van der Waals surface area contributed by atoms with Crippen molar-refractivity contribution in [3.05, 3.63) is 48.0 Å². The highest BCUT2D eigenvalue weighted by atomic mass is 16.7. The van der Waals surface area contributed by atoms with Crippen LogP contribution in [0.15, 0.2) is 47.5 Å². The maximum atomic E-state index is 5.45. The Balaban J connectivity index is 1.31. The molecule has 2 heterocycles. The first kappa shape index (κ1) is 18.3. The van der Waals surface area contributed by atoms with Crippen LogP contribution < -0.4 is 24.4 Å². The third kappa shape index (κ3) is 3.93. The Bertz CT molecular complexity index is 830. The third-order valence-electron chi connectivity index (χ3n) is 5.12. The minimum absolute atomic E-state index is 0.298. The van der Waals surface area contributed by atoms with Gasteiger partial charge in [0.1, 0.15) is 5.75 Å². The zero-order chi connectivity index (χ0) is 19.3. The molecule has 2 aromatic rings. The number of nitrogens with zero attached hydrogens (tertiary/aromatic N) is 3. The summed E-state index contributed by atoms with van der Waals surface area (Å²) in [4.78, 5) is 9.15. The summed E-state index contributed by atoms with van der Waals surface area (Å²) in [5.41, 5.74) is 2.37. The van der Waals surface area contributed by atoms with Crippen molar-refractivity contribution in [2.75, 3.05) is 52.0 Å². The largest absolute Gasteiger partial charge is 0.497 e. The number of aliphatic imine (C=N–C) groups is 1. The van der Waals surface area contributed by atoms with Crippen LogP contribution in [0.4, 0.5) is 5.69 Å². The summed E-state index contributed by atoms with van der Waals surface area (Å²) >= 11 is 0. The summed E-state index contributed by atoms with van der Waals surface area (Å²) in [6.07, 6.45) is 0. The van der Waals surface area contributed by atoms with Gasteiger partial charge in [-0.1, -0.05) is 6.07 Å². The summed E-state index contributed by atoms with van der Waals surface area (Å²) < 4.78 is 16.1. The molecule has 0 aromatic heterocycles. The molecule has 2 aliphatic heterocycles. The van der Waals surface area contributed by atoms with Crippen LogP contribution in [-0.2, 0) is 6.54 Å². The molecule has 7 heteroatoms. The molecule has 2 aromatic carbocycles. The lowest BCUT2D eigenvalue weighted by molar-refractivity contribution is 0.174. The smallest absolute Gasteiger partial charge is 0.231 e. The first-order chi connectivity index (χ1) is 13.8. The molecular formula is C21H26N4O3. The van der Waals surface area contributed by atoms with Gasteiger partial charge >= 0.3 is 0 Å². The van der Waals surface area contributed by atoms with Gasteiger partial charge in [0.05, 0.1) is 7.11 Å². The molecule has 148 valence electrons. The van der Waals surface area contributed by atoms with E-state index in [4.69, 9.17) is 14.2 Å². The summed E-state index contributed by atoms with van der Waals surface area (Å²) in [6, 6.07) is 14.3. The van der Waals surface area contributed by atoms with Crippen molar-refractivity contribution >= 4 is 11.6 Å². The Morgan fingerprint density at radius 3 is 2.50 bits per heavy atom. The first-order valence-corrected chi connectivity index (χ1v) is 9.50. The van der Waals surface area contributed by atoms with Gasteiger partial charge in [0.25, 0.3) is 0 Å². The molecule has 2 aliphatic rings. The van der Waals surface area contributed by atoms with E-state index in [1.165, 1.54) is 5.69 Å². The Morgan fingerprint density at radius 2 is 1.79 bits per heavy atom. The quantitative estimate of drug-likeness (QED) is 0.647. The molecule has 0 radical (unpaired) electrons. The molecule has 0 atom stereocenters. The van der Waals surface area contributed by atoms with Crippen LogP contribution in [-0.4, -0.2) is 58.0 Å². The summed E-state index contributed by atoms with van der Waals surface area (Å²) in [5, 5.41) is 3.46. The molecule has 0 unspecified atom stereocenters. The van der Waals surface area contributed by atoms with Crippen molar-refractivity contribution in [1.82, 2.24) is 10.2 Å². The zero-order valence-electron chi connectivity index (χ0n) is 16.4. The summed E-state index contributed by atoms with van der Waals surface area (Å²) in [6.45, 7) is 4.75. The van der Waals surface area contributed by atoms with E-state index in [1.807, 2.05) is 31.3 Å². The van der Waals surface area contributed by atoms with Crippen molar-refractivity contribution in [2.45, 2.75) is 6.54 Å². The minimum Gasteiger partial charge on any atom is -0.497 e. The molecule has 7 nitrogen and oxygen atoms in total. The number of guanidine groups is 1. The molecule has 0 spiro atoms. The van der Waals surface area contributed by atoms with Gasteiger partial charge in [0.2, 0.25) is 6.79 Å². The Labute approximate surface area is 165 Å². The average Bonchev–Trinajstić information content (AvgIpc) is 3.23. The molecule has 0 saturated carbocycles. The van der Waals surface area contributed by atoms with E-state index in [-0.39, 0.29) is 0 Å². The Kier molecular flexibility index (Phi) is 5.41. The van der Waals surface area contributed by atoms with Crippen molar-refractivity contribution in [3.8, 4) is 17.2 Å². The lowest BCUT2D eigenvalue weighted by Crippen LogP contribution is -2.52. The predicted molar refractivity (Wildman–Crippen MR) is 110 cm³/mol. The lowest BCUT2D eigenvalue weighted by Gasteiger charge is -2.37. The van der Waals surface area contributed by atoms with Crippen LogP contribution >= 0.6 is 0 Å². The number of rotatable bonds is 4. The molecule has 0 bridgehead atoms. The van der Waals surface area contributed by atoms with Gasteiger partial charge in [-0.25, -0.2) is 0 Å². The molecule has 1 N–H and O–H groups in total. The van der Waals surface area contributed by atoms with E-state index in [0.29, 0.717) is 13.3 Å². The van der Waals surface area contributed by atoms with Gasteiger partial charge in [0.15, 0.2) is 17.5 Å². The predicted octanol–water partition coefficient (Wildman–Crippen LogP) is 2.32. The molecular weight excluding hydrogens is 356 g/mol. The van der Waals surface area contributed by atoms with Crippen molar-refractivity contribution < 1.29 is 14.2 Å². The fourth-order valence-electron chi connectivity index (χ4n) is 3.53. The number of piperazine rings is 1. The van der Waals surface area contributed by atoms with Crippen molar-refractivity contribution in [2.24, 2.45) is 4.99 Å². The second kappa shape index (κ2) is 8.29. The average molecular weight is 382 g/mol. The Hall–Kier alpha value is -3.09. The number of anilines is 1. The number of nitrogens with one attached hydrogen (secondary N) is 1. The number of ether oxygens (including phenoxy) is 3. The third-order valence-corrected chi connectivity index (χ3v) is 5.12. The van der Waals surface area contributed by atoms with Gasteiger partial charge < -0.3 is 29.3 Å². The van der Waals surface area contributed by atoms with E-state index in [0.717, 1.165) is 55.0 Å². The van der Waals surface area contributed by atoms with Crippen LogP contribution in [0.1, 0.15) is 5.56 Å². The number of hydrogen-bond donors (Lipinski definition) is 1. The topological polar surface area (TPSA) is 58.6 Å². The molecule has 1 saturated heterocycles.